The van der Waals surface area contributed by atoms with E-state index in [9.17, 15) is 4.79 Å². The molecule has 2 aromatic carbocycles. The first-order valence-electron chi connectivity index (χ1n) is 10.1. The maximum absolute atomic E-state index is 13.5. The molecule has 0 saturated heterocycles. The van der Waals surface area contributed by atoms with E-state index in [1.165, 1.54) is 4.90 Å². The minimum atomic E-state index is -0.240. The molecule has 1 amide bonds. The van der Waals surface area contributed by atoms with Crippen LogP contribution in [-0.4, -0.2) is 30.9 Å². The number of carbonyl (C=O) groups excluding carboxylic acids is 1. The zero-order valence-electron chi connectivity index (χ0n) is 17.3. The molecule has 160 valence electrons. The average molecular weight is 453 g/mol. The van der Waals surface area contributed by atoms with E-state index in [1.54, 1.807) is 59.7 Å². The highest BCUT2D eigenvalue weighted by Crippen LogP contribution is 2.26. The average Bonchev–Trinajstić information content (AvgIpc) is 3.36. The Morgan fingerprint density at radius 2 is 1.42 bits per heavy atom. The molecule has 0 aliphatic rings. The number of anilines is 2. The van der Waals surface area contributed by atoms with E-state index in [-0.39, 0.29) is 5.91 Å². The van der Waals surface area contributed by atoms with Crippen molar-refractivity contribution in [2.75, 3.05) is 4.90 Å². The molecule has 5 rings (SSSR count). The lowest BCUT2D eigenvalue weighted by atomic mass is 10.1. The van der Waals surface area contributed by atoms with Gasteiger partial charge < -0.3 is 0 Å². The predicted octanol–water partition coefficient (Wildman–Crippen LogP) is 5.36. The van der Waals surface area contributed by atoms with E-state index in [0.717, 1.165) is 16.9 Å². The summed E-state index contributed by atoms with van der Waals surface area (Å²) in [6.07, 6.45) is 4.97. The van der Waals surface area contributed by atoms with Crippen LogP contribution in [-0.2, 0) is 0 Å². The second-order valence-corrected chi connectivity index (χ2v) is 7.54. The summed E-state index contributed by atoms with van der Waals surface area (Å²) in [4.78, 5) is 23.6. The van der Waals surface area contributed by atoms with Crippen molar-refractivity contribution in [2.45, 2.75) is 0 Å². The maximum Gasteiger partial charge on any atom is 0.265 e. The molecular formula is C25H17ClN6O. The van der Waals surface area contributed by atoms with Crippen LogP contribution in [0.25, 0.3) is 16.9 Å². The van der Waals surface area contributed by atoms with Gasteiger partial charge in [0, 0.05) is 28.5 Å². The van der Waals surface area contributed by atoms with Gasteiger partial charge in [0.15, 0.2) is 0 Å². The molecule has 0 radical (unpaired) electrons. The van der Waals surface area contributed by atoms with E-state index < -0.39 is 0 Å². The molecule has 33 heavy (non-hydrogen) atoms. The first-order valence-corrected chi connectivity index (χ1v) is 10.5. The standard InChI is InChI=1S/C25H17ClN6O/c26-20-11-7-18(8-12-20)22-17-29-30-32(22)21-13-9-19(10-14-21)25(33)31(23-5-1-3-15-27-23)24-6-2-4-16-28-24/h1-17H. The van der Waals surface area contributed by atoms with Crippen LogP contribution in [0.3, 0.4) is 0 Å². The number of hydrogen-bond acceptors (Lipinski definition) is 5. The Bertz CT molecular complexity index is 1330. The lowest BCUT2D eigenvalue weighted by Crippen LogP contribution is -2.27. The normalized spacial score (nSPS) is 10.7. The number of amides is 1. The third-order valence-electron chi connectivity index (χ3n) is 5.01. The fourth-order valence-electron chi connectivity index (χ4n) is 3.41. The smallest absolute Gasteiger partial charge is 0.265 e. The SMILES string of the molecule is O=C(c1ccc(-n2nncc2-c2ccc(Cl)cc2)cc1)N(c1ccccn1)c1ccccn1. The third kappa shape index (κ3) is 4.22. The van der Waals surface area contributed by atoms with Crippen LogP contribution in [0.4, 0.5) is 11.6 Å². The van der Waals surface area contributed by atoms with Crippen LogP contribution in [0.1, 0.15) is 10.4 Å². The van der Waals surface area contributed by atoms with Crippen LogP contribution >= 0.6 is 11.6 Å². The summed E-state index contributed by atoms with van der Waals surface area (Å²) in [7, 11) is 0. The number of hydrogen-bond donors (Lipinski definition) is 0. The number of aromatic nitrogens is 5. The molecule has 7 nitrogen and oxygen atoms in total. The summed E-state index contributed by atoms with van der Waals surface area (Å²) in [6.45, 7) is 0. The van der Waals surface area contributed by atoms with Crippen LogP contribution in [0.2, 0.25) is 5.02 Å². The van der Waals surface area contributed by atoms with Crippen molar-refractivity contribution in [2.24, 2.45) is 0 Å². The monoisotopic (exact) mass is 452 g/mol. The number of benzene rings is 2. The van der Waals surface area contributed by atoms with E-state index >= 15 is 0 Å². The second-order valence-electron chi connectivity index (χ2n) is 7.10. The van der Waals surface area contributed by atoms with Crippen LogP contribution in [0.15, 0.2) is 104 Å². The van der Waals surface area contributed by atoms with Gasteiger partial charge in [0.1, 0.15) is 11.6 Å². The Hall–Kier alpha value is -4.36. The van der Waals surface area contributed by atoms with Crippen molar-refractivity contribution in [1.29, 1.82) is 0 Å². The fourth-order valence-corrected chi connectivity index (χ4v) is 3.54. The number of pyridine rings is 2. The molecule has 0 bridgehead atoms. The highest BCUT2D eigenvalue weighted by atomic mass is 35.5. The van der Waals surface area contributed by atoms with Crippen molar-refractivity contribution in [1.82, 2.24) is 25.0 Å². The summed E-state index contributed by atoms with van der Waals surface area (Å²) in [5.74, 6) is 0.744. The van der Waals surface area contributed by atoms with E-state index in [2.05, 4.69) is 20.3 Å². The van der Waals surface area contributed by atoms with E-state index in [1.807, 2.05) is 48.5 Å². The van der Waals surface area contributed by atoms with Crippen LogP contribution < -0.4 is 4.90 Å². The van der Waals surface area contributed by atoms with Crippen molar-refractivity contribution in [3.63, 3.8) is 0 Å². The van der Waals surface area contributed by atoms with Crippen molar-refractivity contribution >= 4 is 29.1 Å². The molecule has 8 heteroatoms. The van der Waals surface area contributed by atoms with Crippen molar-refractivity contribution in [3.8, 4) is 16.9 Å². The van der Waals surface area contributed by atoms with Gasteiger partial charge in [-0.15, -0.1) is 5.10 Å². The largest absolute Gasteiger partial charge is 0.268 e. The van der Waals surface area contributed by atoms with Crippen LogP contribution in [0, 0.1) is 0 Å². The molecule has 5 aromatic rings. The van der Waals surface area contributed by atoms with Gasteiger partial charge in [-0.1, -0.05) is 41.1 Å². The zero-order valence-corrected chi connectivity index (χ0v) is 18.0. The molecule has 0 aliphatic heterocycles. The Morgan fingerprint density at radius 1 is 0.788 bits per heavy atom. The third-order valence-corrected chi connectivity index (χ3v) is 5.26. The molecule has 0 unspecified atom stereocenters. The maximum atomic E-state index is 13.5. The van der Waals surface area contributed by atoms with Gasteiger partial charge in [0.2, 0.25) is 0 Å². The van der Waals surface area contributed by atoms with Gasteiger partial charge in [0.05, 0.1) is 17.6 Å². The number of nitrogens with zero attached hydrogens (tertiary/aromatic N) is 6. The van der Waals surface area contributed by atoms with Gasteiger partial charge in [-0.3, -0.25) is 4.79 Å². The van der Waals surface area contributed by atoms with E-state index in [0.29, 0.717) is 22.2 Å². The summed E-state index contributed by atoms with van der Waals surface area (Å²) in [5.41, 5.74) is 3.01. The molecule has 0 atom stereocenters. The number of halogens is 1. The minimum absolute atomic E-state index is 0.240. The molecule has 3 heterocycles. The number of rotatable bonds is 5. The molecule has 0 aliphatic carbocycles. The first-order chi connectivity index (χ1) is 16.2. The summed E-state index contributed by atoms with van der Waals surface area (Å²) >= 11 is 6.01. The first kappa shape index (κ1) is 20.5. The van der Waals surface area contributed by atoms with Gasteiger partial charge in [-0.05, 0) is 60.7 Å². The van der Waals surface area contributed by atoms with Gasteiger partial charge in [-0.2, -0.15) is 0 Å². The van der Waals surface area contributed by atoms with Gasteiger partial charge >= 0.3 is 0 Å². The predicted molar refractivity (Wildman–Crippen MR) is 127 cm³/mol. The molecule has 0 fully saturated rings. The van der Waals surface area contributed by atoms with Crippen molar-refractivity contribution in [3.05, 3.63) is 114 Å². The summed E-state index contributed by atoms with van der Waals surface area (Å²) < 4.78 is 1.72. The molecule has 0 saturated carbocycles. The number of carbonyl (C=O) groups is 1. The molecule has 0 spiro atoms. The van der Waals surface area contributed by atoms with Crippen LogP contribution in [0.5, 0.6) is 0 Å². The topological polar surface area (TPSA) is 76.8 Å². The lowest BCUT2D eigenvalue weighted by Gasteiger charge is -2.20. The summed E-state index contributed by atoms with van der Waals surface area (Å²) in [5, 5.41) is 8.92. The highest BCUT2D eigenvalue weighted by Gasteiger charge is 2.22. The molecule has 0 N–H and O–H groups in total. The molecule has 3 aromatic heterocycles. The lowest BCUT2D eigenvalue weighted by molar-refractivity contribution is 0.0998. The fraction of sp³-hybridized carbons (Fsp3) is 0. The Balaban J connectivity index is 1.48. The minimum Gasteiger partial charge on any atom is -0.268 e. The van der Waals surface area contributed by atoms with E-state index in [4.69, 9.17) is 11.6 Å². The Kier molecular flexibility index (Phi) is 5.61. The van der Waals surface area contributed by atoms with Gasteiger partial charge in [0.25, 0.3) is 5.91 Å². The van der Waals surface area contributed by atoms with Crippen molar-refractivity contribution < 1.29 is 4.79 Å². The quantitative estimate of drug-likeness (QED) is 0.359. The van der Waals surface area contributed by atoms with Gasteiger partial charge in [-0.25, -0.2) is 19.5 Å². The summed E-state index contributed by atoms with van der Waals surface area (Å²) in [6, 6.07) is 25.4. The zero-order chi connectivity index (χ0) is 22.6. The Morgan fingerprint density at radius 3 is 2.00 bits per heavy atom. The molecular weight excluding hydrogens is 436 g/mol. The highest BCUT2D eigenvalue weighted by molar-refractivity contribution is 6.30. The second kappa shape index (κ2) is 9.02. The Labute approximate surface area is 194 Å².